The number of pyridine rings is 1. The normalized spacial score (nSPS) is 15.8. The number of hydrogen-bond acceptors (Lipinski definition) is 1. The van der Waals surface area contributed by atoms with Crippen molar-refractivity contribution in [3.05, 3.63) is 31.2 Å². The molecular weight excluding hydrogens is 265 g/mol. The summed E-state index contributed by atoms with van der Waals surface area (Å²) in [5.74, 6) is 0. The highest BCUT2D eigenvalue weighted by Gasteiger charge is 2.10. The summed E-state index contributed by atoms with van der Waals surface area (Å²) in [6, 6.07) is 2.02. The van der Waals surface area contributed by atoms with E-state index in [4.69, 9.17) is 0 Å². The minimum Gasteiger partial charge on any atom is -0.325 e. The molecule has 1 aliphatic carbocycles. The first kappa shape index (κ1) is 8.29. The van der Waals surface area contributed by atoms with Gasteiger partial charge in [0.25, 0.3) is 5.56 Å². The van der Waals surface area contributed by atoms with E-state index in [0.717, 1.165) is 22.1 Å². The molecule has 2 rings (SSSR count). The lowest BCUT2D eigenvalue weighted by Crippen LogP contribution is -2.17. The van der Waals surface area contributed by atoms with Crippen molar-refractivity contribution < 1.29 is 0 Å². The van der Waals surface area contributed by atoms with E-state index in [1.807, 2.05) is 6.07 Å². The SMILES string of the molecule is O=c1[nH]c2c(cc1I)CCCC2. The monoisotopic (exact) mass is 275 g/mol. The van der Waals surface area contributed by atoms with E-state index >= 15 is 0 Å². The summed E-state index contributed by atoms with van der Waals surface area (Å²) < 4.78 is 0.813. The van der Waals surface area contributed by atoms with E-state index in [-0.39, 0.29) is 5.56 Å². The highest BCUT2D eigenvalue weighted by Crippen LogP contribution is 2.18. The van der Waals surface area contributed by atoms with E-state index in [0.29, 0.717) is 0 Å². The van der Waals surface area contributed by atoms with Crippen molar-refractivity contribution in [1.82, 2.24) is 4.98 Å². The first-order valence-electron chi connectivity index (χ1n) is 4.18. The summed E-state index contributed by atoms with van der Waals surface area (Å²) in [6.45, 7) is 0. The number of fused-ring (bicyclic) bond motifs is 1. The molecule has 0 aliphatic heterocycles. The Balaban J connectivity index is 2.56. The number of aromatic amines is 1. The number of halogens is 1. The molecule has 1 aliphatic rings. The maximum Gasteiger partial charge on any atom is 0.261 e. The van der Waals surface area contributed by atoms with Crippen molar-refractivity contribution in [3.63, 3.8) is 0 Å². The van der Waals surface area contributed by atoms with Crippen molar-refractivity contribution in [2.45, 2.75) is 25.7 Å². The molecule has 1 aromatic heterocycles. The standard InChI is InChI=1S/C9H10INO/c10-7-5-6-3-1-2-4-8(6)11-9(7)12/h5H,1-4H2,(H,11,12). The van der Waals surface area contributed by atoms with Gasteiger partial charge in [0.05, 0.1) is 3.57 Å². The lowest BCUT2D eigenvalue weighted by molar-refractivity contribution is 0.664. The minimum atomic E-state index is 0.0660. The number of aromatic nitrogens is 1. The third kappa shape index (κ3) is 1.42. The molecule has 12 heavy (non-hydrogen) atoms. The number of nitrogens with one attached hydrogen (secondary N) is 1. The quantitative estimate of drug-likeness (QED) is 0.720. The molecule has 0 saturated heterocycles. The van der Waals surface area contributed by atoms with Gasteiger partial charge < -0.3 is 4.98 Å². The van der Waals surface area contributed by atoms with Crippen LogP contribution in [0.4, 0.5) is 0 Å². The molecule has 0 bridgehead atoms. The van der Waals surface area contributed by atoms with E-state index in [9.17, 15) is 4.79 Å². The van der Waals surface area contributed by atoms with E-state index in [1.165, 1.54) is 18.4 Å². The molecule has 64 valence electrons. The van der Waals surface area contributed by atoms with Gasteiger partial charge in [-0.25, -0.2) is 0 Å². The second-order valence-corrected chi connectivity index (χ2v) is 4.32. The molecule has 0 atom stereocenters. The van der Waals surface area contributed by atoms with Crippen LogP contribution in [-0.2, 0) is 12.8 Å². The van der Waals surface area contributed by atoms with Crippen LogP contribution in [-0.4, -0.2) is 4.98 Å². The number of hydrogen-bond donors (Lipinski definition) is 1. The van der Waals surface area contributed by atoms with Crippen LogP contribution in [0.5, 0.6) is 0 Å². The molecular formula is C9H10INO. The molecule has 3 heteroatoms. The fraction of sp³-hybridized carbons (Fsp3) is 0.444. The molecule has 0 spiro atoms. The second kappa shape index (κ2) is 3.20. The zero-order valence-electron chi connectivity index (χ0n) is 6.69. The summed E-state index contributed by atoms with van der Waals surface area (Å²) in [5, 5.41) is 0. The van der Waals surface area contributed by atoms with Crippen LogP contribution in [0, 0.1) is 3.57 Å². The van der Waals surface area contributed by atoms with Gasteiger partial charge in [0, 0.05) is 5.69 Å². The summed E-state index contributed by atoms with van der Waals surface area (Å²) in [5.41, 5.74) is 2.56. The Morgan fingerprint density at radius 1 is 1.33 bits per heavy atom. The molecule has 0 radical (unpaired) electrons. The molecule has 1 aromatic rings. The fourth-order valence-electron chi connectivity index (χ4n) is 1.65. The van der Waals surface area contributed by atoms with Crippen LogP contribution in [0.1, 0.15) is 24.1 Å². The van der Waals surface area contributed by atoms with Gasteiger partial charge in [-0.3, -0.25) is 4.79 Å². The Hall–Kier alpha value is -0.320. The Bertz CT molecular complexity index is 356. The lowest BCUT2D eigenvalue weighted by atomic mass is 9.96. The van der Waals surface area contributed by atoms with E-state index in [2.05, 4.69) is 27.6 Å². The molecule has 0 aromatic carbocycles. The van der Waals surface area contributed by atoms with Gasteiger partial charge in [0.2, 0.25) is 0 Å². The van der Waals surface area contributed by atoms with Crippen molar-refractivity contribution >= 4 is 22.6 Å². The molecule has 0 amide bonds. The largest absolute Gasteiger partial charge is 0.325 e. The van der Waals surface area contributed by atoms with Crippen molar-refractivity contribution in [2.24, 2.45) is 0 Å². The number of rotatable bonds is 0. The first-order valence-corrected chi connectivity index (χ1v) is 5.26. The topological polar surface area (TPSA) is 32.9 Å². The van der Waals surface area contributed by atoms with Crippen LogP contribution in [0.3, 0.4) is 0 Å². The summed E-state index contributed by atoms with van der Waals surface area (Å²) >= 11 is 2.09. The van der Waals surface area contributed by atoms with Gasteiger partial charge in [-0.05, 0) is 59.9 Å². The molecule has 2 nitrogen and oxygen atoms in total. The third-order valence-electron chi connectivity index (χ3n) is 2.29. The smallest absolute Gasteiger partial charge is 0.261 e. The van der Waals surface area contributed by atoms with E-state index in [1.54, 1.807) is 0 Å². The average Bonchev–Trinajstić information content (AvgIpc) is 2.07. The summed E-state index contributed by atoms with van der Waals surface area (Å²) in [4.78, 5) is 14.2. The highest BCUT2D eigenvalue weighted by atomic mass is 127. The van der Waals surface area contributed by atoms with E-state index < -0.39 is 0 Å². The Morgan fingerprint density at radius 2 is 2.08 bits per heavy atom. The Labute approximate surface area is 84.5 Å². The lowest BCUT2D eigenvalue weighted by Gasteiger charge is -2.14. The van der Waals surface area contributed by atoms with Crippen LogP contribution in [0.25, 0.3) is 0 Å². The maximum atomic E-state index is 11.2. The predicted octanol–water partition coefficient (Wildman–Crippen LogP) is 1.86. The van der Waals surface area contributed by atoms with Gasteiger partial charge in [-0.2, -0.15) is 0 Å². The van der Waals surface area contributed by atoms with Gasteiger partial charge in [-0.15, -0.1) is 0 Å². The zero-order chi connectivity index (χ0) is 8.55. The minimum absolute atomic E-state index is 0.0660. The van der Waals surface area contributed by atoms with Gasteiger partial charge in [0.1, 0.15) is 0 Å². The molecule has 0 unspecified atom stereocenters. The Morgan fingerprint density at radius 3 is 2.92 bits per heavy atom. The highest BCUT2D eigenvalue weighted by molar-refractivity contribution is 14.1. The molecule has 0 fully saturated rings. The summed E-state index contributed by atoms with van der Waals surface area (Å²) in [6.07, 6.45) is 4.64. The van der Waals surface area contributed by atoms with Gasteiger partial charge in [0.15, 0.2) is 0 Å². The molecule has 0 saturated carbocycles. The van der Waals surface area contributed by atoms with Crippen LogP contribution < -0.4 is 5.56 Å². The van der Waals surface area contributed by atoms with Gasteiger partial charge >= 0.3 is 0 Å². The van der Waals surface area contributed by atoms with Gasteiger partial charge in [-0.1, -0.05) is 0 Å². The fourth-order valence-corrected chi connectivity index (χ4v) is 2.16. The number of aryl methyl sites for hydroxylation is 2. The van der Waals surface area contributed by atoms with Crippen molar-refractivity contribution in [3.8, 4) is 0 Å². The van der Waals surface area contributed by atoms with Crippen LogP contribution >= 0.6 is 22.6 Å². The van der Waals surface area contributed by atoms with Crippen LogP contribution in [0.15, 0.2) is 10.9 Å². The Kier molecular flexibility index (Phi) is 2.21. The van der Waals surface area contributed by atoms with Crippen molar-refractivity contribution in [2.75, 3.05) is 0 Å². The summed E-state index contributed by atoms with van der Waals surface area (Å²) in [7, 11) is 0. The first-order chi connectivity index (χ1) is 5.77. The van der Waals surface area contributed by atoms with Crippen LogP contribution in [0.2, 0.25) is 0 Å². The molecule has 1 N–H and O–H groups in total. The molecule has 1 heterocycles. The predicted molar refractivity (Wildman–Crippen MR) is 56.4 cm³/mol. The second-order valence-electron chi connectivity index (χ2n) is 3.16. The van der Waals surface area contributed by atoms with Crippen molar-refractivity contribution in [1.29, 1.82) is 0 Å². The zero-order valence-corrected chi connectivity index (χ0v) is 8.85. The average molecular weight is 275 g/mol. The maximum absolute atomic E-state index is 11.2. The third-order valence-corrected chi connectivity index (χ3v) is 3.09. The number of H-pyrrole nitrogens is 1.